The van der Waals surface area contributed by atoms with Gasteiger partial charge in [-0.2, -0.15) is 5.90 Å². The number of nitrogen functional groups attached to an aromatic ring is 2. The molecule has 2 aromatic rings. The number of benzene rings is 2. The zero-order valence-electron chi connectivity index (χ0n) is 12.9. The maximum absolute atomic E-state index is 11.2. The number of phenolic OH excluding ortho intramolecular Hbond substituents is 1. The molecule has 0 aliphatic rings. The van der Waals surface area contributed by atoms with Crippen LogP contribution in [-0.2, 0) is 4.74 Å². The molecule has 124 valence electrons. The van der Waals surface area contributed by atoms with E-state index in [1.54, 1.807) is 25.2 Å². The molecule has 0 saturated carbocycles. The van der Waals surface area contributed by atoms with Crippen molar-refractivity contribution in [2.24, 2.45) is 5.90 Å². The number of esters is 1. The number of hydrogen-bond donors (Lipinski definition) is 5. The van der Waals surface area contributed by atoms with Gasteiger partial charge in [0.15, 0.2) is 5.75 Å². The van der Waals surface area contributed by atoms with Crippen LogP contribution in [-0.4, -0.2) is 25.2 Å². The van der Waals surface area contributed by atoms with Gasteiger partial charge >= 0.3 is 5.97 Å². The number of methoxy groups -OCH3 is 1. The first-order valence-electron chi connectivity index (χ1n) is 6.53. The van der Waals surface area contributed by atoms with Crippen LogP contribution in [0.3, 0.4) is 0 Å². The van der Waals surface area contributed by atoms with Crippen LogP contribution in [0.1, 0.15) is 10.4 Å². The molecule has 0 aliphatic carbocycles. The number of nitrogens with one attached hydrogen (secondary N) is 1. The van der Waals surface area contributed by atoms with Gasteiger partial charge in [-0.05, 0) is 30.3 Å². The van der Waals surface area contributed by atoms with Crippen LogP contribution < -0.4 is 27.5 Å². The van der Waals surface area contributed by atoms with E-state index >= 15 is 0 Å². The summed E-state index contributed by atoms with van der Waals surface area (Å²) in [4.78, 5) is 15.5. The molecule has 8 heteroatoms. The van der Waals surface area contributed by atoms with Crippen LogP contribution in [0.25, 0.3) is 0 Å². The van der Waals surface area contributed by atoms with E-state index in [1.807, 2.05) is 0 Å². The van der Waals surface area contributed by atoms with Crippen molar-refractivity contribution in [3.63, 3.8) is 0 Å². The van der Waals surface area contributed by atoms with Gasteiger partial charge in [0.1, 0.15) is 5.75 Å². The van der Waals surface area contributed by atoms with Gasteiger partial charge in [-0.15, -0.1) is 0 Å². The van der Waals surface area contributed by atoms with Crippen LogP contribution in [0.15, 0.2) is 36.4 Å². The molecule has 0 bridgehead atoms. The summed E-state index contributed by atoms with van der Waals surface area (Å²) in [7, 11) is 3.10. The van der Waals surface area contributed by atoms with Crippen molar-refractivity contribution in [2.75, 3.05) is 30.9 Å². The highest BCUT2D eigenvalue weighted by Crippen LogP contribution is 2.24. The Morgan fingerprint density at radius 1 is 1.13 bits per heavy atom. The Labute approximate surface area is 133 Å². The van der Waals surface area contributed by atoms with Gasteiger partial charge in [0.2, 0.25) is 0 Å². The zero-order valence-corrected chi connectivity index (χ0v) is 12.9. The van der Waals surface area contributed by atoms with E-state index in [4.69, 9.17) is 22.5 Å². The van der Waals surface area contributed by atoms with Gasteiger partial charge in [-0.25, -0.2) is 4.79 Å². The van der Waals surface area contributed by atoms with E-state index in [9.17, 15) is 4.79 Å². The summed E-state index contributed by atoms with van der Waals surface area (Å²) in [5, 5.41) is 11.8. The molecule has 2 rings (SSSR count). The third-order valence-electron chi connectivity index (χ3n) is 2.87. The Morgan fingerprint density at radius 2 is 1.78 bits per heavy atom. The minimum absolute atomic E-state index is 0.0784. The number of carbonyl (C=O) groups is 1. The number of aromatic hydroxyl groups is 1. The van der Waals surface area contributed by atoms with Crippen molar-refractivity contribution in [3.8, 4) is 11.5 Å². The second-order valence-corrected chi connectivity index (χ2v) is 4.38. The SMILES string of the molecule is CNc1ccc(N)c(C(=O)OC)c1.NOc1cc(O)ccc1N. The van der Waals surface area contributed by atoms with Crippen molar-refractivity contribution in [3.05, 3.63) is 42.0 Å². The van der Waals surface area contributed by atoms with Crippen molar-refractivity contribution >= 4 is 23.0 Å². The monoisotopic (exact) mass is 320 g/mol. The zero-order chi connectivity index (χ0) is 17.4. The first-order chi connectivity index (χ1) is 10.9. The molecule has 8 nitrogen and oxygen atoms in total. The van der Waals surface area contributed by atoms with Crippen molar-refractivity contribution in [1.29, 1.82) is 0 Å². The molecule has 0 spiro atoms. The number of ether oxygens (including phenoxy) is 1. The Bertz CT molecular complexity index is 677. The van der Waals surface area contributed by atoms with E-state index in [-0.39, 0.29) is 11.5 Å². The second kappa shape index (κ2) is 8.35. The molecule has 0 atom stereocenters. The highest BCUT2D eigenvalue weighted by atomic mass is 16.6. The van der Waals surface area contributed by atoms with Gasteiger partial charge in [-0.1, -0.05) is 0 Å². The van der Waals surface area contributed by atoms with Gasteiger partial charge in [0, 0.05) is 24.5 Å². The first-order valence-corrected chi connectivity index (χ1v) is 6.53. The second-order valence-electron chi connectivity index (χ2n) is 4.38. The fraction of sp³-hybridized carbons (Fsp3) is 0.133. The molecule has 0 aliphatic heterocycles. The Hall–Kier alpha value is -3.13. The lowest BCUT2D eigenvalue weighted by atomic mass is 10.1. The van der Waals surface area contributed by atoms with E-state index < -0.39 is 5.97 Å². The Balaban J connectivity index is 0.000000238. The molecule has 23 heavy (non-hydrogen) atoms. The third-order valence-corrected chi connectivity index (χ3v) is 2.87. The number of rotatable bonds is 3. The predicted octanol–water partition coefficient (Wildman–Crippen LogP) is 1.32. The van der Waals surface area contributed by atoms with E-state index in [1.165, 1.54) is 25.3 Å². The summed E-state index contributed by atoms with van der Waals surface area (Å²) >= 11 is 0. The summed E-state index contributed by atoms with van der Waals surface area (Å²) < 4.78 is 4.57. The van der Waals surface area contributed by atoms with Crippen molar-refractivity contribution in [1.82, 2.24) is 0 Å². The standard InChI is InChI=1S/C9H12N2O2.C6H8N2O2/c1-11-6-3-4-8(10)7(5-6)9(12)13-2;7-5-2-1-4(9)3-6(5)10-8/h3-5,11H,10H2,1-2H3;1-3,9H,7-8H2. The minimum Gasteiger partial charge on any atom is -0.508 e. The highest BCUT2D eigenvalue weighted by Gasteiger charge is 2.09. The van der Waals surface area contributed by atoms with Gasteiger partial charge in [0.05, 0.1) is 18.4 Å². The quantitative estimate of drug-likeness (QED) is 0.246. The molecule has 0 heterocycles. The summed E-state index contributed by atoms with van der Waals surface area (Å²) in [6, 6.07) is 9.42. The maximum Gasteiger partial charge on any atom is 0.340 e. The average Bonchev–Trinajstić information content (AvgIpc) is 2.57. The molecule has 0 fully saturated rings. The molecular formula is C15H20N4O4. The molecule has 2 aromatic carbocycles. The fourth-order valence-corrected chi connectivity index (χ4v) is 1.62. The topological polar surface area (TPSA) is 146 Å². The normalized spacial score (nSPS) is 9.35. The number of nitrogens with two attached hydrogens (primary N) is 3. The summed E-state index contributed by atoms with van der Waals surface area (Å²) in [6.45, 7) is 0. The number of phenols is 1. The maximum atomic E-state index is 11.2. The van der Waals surface area contributed by atoms with E-state index in [0.717, 1.165) is 5.69 Å². The molecule has 0 aromatic heterocycles. The summed E-state index contributed by atoms with van der Waals surface area (Å²) in [6.07, 6.45) is 0. The van der Waals surface area contributed by atoms with E-state index in [2.05, 4.69) is 14.9 Å². The van der Waals surface area contributed by atoms with Crippen LogP contribution in [0.4, 0.5) is 17.1 Å². The molecule has 0 amide bonds. The largest absolute Gasteiger partial charge is 0.508 e. The minimum atomic E-state index is -0.422. The van der Waals surface area contributed by atoms with Crippen LogP contribution in [0.2, 0.25) is 0 Å². The predicted molar refractivity (Wildman–Crippen MR) is 89.1 cm³/mol. The average molecular weight is 320 g/mol. The molecule has 0 unspecified atom stereocenters. The summed E-state index contributed by atoms with van der Waals surface area (Å²) in [5.41, 5.74) is 13.0. The lowest BCUT2D eigenvalue weighted by Gasteiger charge is -2.06. The number of carbonyl (C=O) groups excluding carboxylic acids is 1. The van der Waals surface area contributed by atoms with Crippen LogP contribution in [0, 0.1) is 0 Å². The van der Waals surface area contributed by atoms with Gasteiger partial charge in [-0.3, -0.25) is 0 Å². The van der Waals surface area contributed by atoms with Crippen LogP contribution in [0.5, 0.6) is 11.5 Å². The Kier molecular flexibility index (Phi) is 6.50. The smallest absolute Gasteiger partial charge is 0.340 e. The van der Waals surface area contributed by atoms with E-state index in [0.29, 0.717) is 16.9 Å². The first kappa shape index (κ1) is 17.9. The third kappa shape index (κ3) is 4.97. The lowest BCUT2D eigenvalue weighted by molar-refractivity contribution is 0.0602. The van der Waals surface area contributed by atoms with Crippen molar-refractivity contribution < 1.29 is 19.5 Å². The van der Waals surface area contributed by atoms with Crippen molar-refractivity contribution in [2.45, 2.75) is 0 Å². The highest BCUT2D eigenvalue weighted by molar-refractivity contribution is 5.96. The fourth-order valence-electron chi connectivity index (χ4n) is 1.62. The number of anilines is 3. The molecule has 0 radical (unpaired) electrons. The number of hydrogen-bond acceptors (Lipinski definition) is 8. The van der Waals surface area contributed by atoms with Crippen LogP contribution >= 0.6 is 0 Å². The molecule has 0 saturated heterocycles. The summed E-state index contributed by atoms with van der Waals surface area (Å²) in [5.74, 6) is 4.76. The lowest BCUT2D eigenvalue weighted by Crippen LogP contribution is -2.06. The van der Waals surface area contributed by atoms with Gasteiger partial charge < -0.3 is 31.5 Å². The Morgan fingerprint density at radius 3 is 2.30 bits per heavy atom. The van der Waals surface area contributed by atoms with Gasteiger partial charge in [0.25, 0.3) is 0 Å². The molecular weight excluding hydrogens is 300 g/mol. The molecule has 8 N–H and O–H groups in total.